The highest BCUT2D eigenvalue weighted by Crippen LogP contribution is 2.39. The highest BCUT2D eigenvalue weighted by atomic mass is 32.1. The molecule has 2 aromatic rings. The Morgan fingerprint density at radius 1 is 1.10 bits per heavy atom. The minimum Gasteiger partial charge on any atom is -0.383 e. The highest BCUT2D eigenvalue weighted by molar-refractivity contribution is 7.17. The predicted octanol–water partition coefficient (Wildman–Crippen LogP) is 2.03. The normalized spacial score (nSPS) is 16.2. The molecule has 2 heterocycles. The maximum absolute atomic E-state index is 13.1. The smallest absolute Gasteiger partial charge is 0.264 e. The Kier molecular flexibility index (Phi) is 6.28. The molecule has 0 atom stereocenters. The number of fused-ring (bicyclic) bond motifs is 3. The van der Waals surface area contributed by atoms with Gasteiger partial charge in [0.15, 0.2) is 0 Å². The Labute approximate surface area is 175 Å². The van der Waals surface area contributed by atoms with Gasteiger partial charge in [-0.15, -0.1) is 11.3 Å². The van der Waals surface area contributed by atoms with E-state index in [2.05, 4.69) is 40.5 Å². The Morgan fingerprint density at radius 2 is 1.86 bits per heavy atom. The Bertz CT molecular complexity index is 887. The number of carbonyl (C=O) groups excluding carboxylic acids is 2. The van der Waals surface area contributed by atoms with Gasteiger partial charge in [-0.05, 0) is 35.6 Å². The van der Waals surface area contributed by atoms with Crippen molar-refractivity contribution < 1.29 is 14.3 Å². The summed E-state index contributed by atoms with van der Waals surface area (Å²) in [4.78, 5) is 31.1. The number of carbonyl (C=O) groups is 2. The Balaban J connectivity index is 1.34. The summed E-state index contributed by atoms with van der Waals surface area (Å²) in [7, 11) is 1.62. The van der Waals surface area contributed by atoms with Gasteiger partial charge in [0, 0.05) is 44.7 Å². The molecule has 0 bridgehead atoms. The van der Waals surface area contributed by atoms with Crippen molar-refractivity contribution in [3.63, 3.8) is 0 Å². The zero-order valence-corrected chi connectivity index (χ0v) is 17.6. The van der Waals surface area contributed by atoms with Crippen LogP contribution in [0.3, 0.4) is 0 Å². The topological polar surface area (TPSA) is 61.9 Å². The number of rotatable bonds is 6. The number of amides is 2. The molecule has 1 fully saturated rings. The second-order valence-electron chi connectivity index (χ2n) is 7.53. The molecule has 2 amide bonds. The summed E-state index contributed by atoms with van der Waals surface area (Å²) in [6, 6.07) is 10.6. The number of benzene rings is 1. The van der Waals surface area contributed by atoms with E-state index in [-0.39, 0.29) is 11.8 Å². The van der Waals surface area contributed by atoms with Crippen LogP contribution in [0.5, 0.6) is 0 Å². The van der Waals surface area contributed by atoms with Crippen LogP contribution in [0.1, 0.15) is 20.8 Å². The molecule has 4 rings (SSSR count). The van der Waals surface area contributed by atoms with Gasteiger partial charge in [-0.2, -0.15) is 0 Å². The van der Waals surface area contributed by atoms with E-state index in [0.717, 1.165) is 30.8 Å². The first-order chi connectivity index (χ1) is 14.2. The van der Waals surface area contributed by atoms with Crippen molar-refractivity contribution >= 4 is 23.2 Å². The monoisotopic (exact) mass is 413 g/mol. The number of hydrogen-bond acceptors (Lipinski definition) is 5. The number of piperazine rings is 1. The lowest BCUT2D eigenvalue weighted by Crippen LogP contribution is -2.51. The average Bonchev–Trinajstić information content (AvgIpc) is 3.19. The number of hydrogen-bond donors (Lipinski definition) is 1. The molecule has 1 aliphatic carbocycles. The largest absolute Gasteiger partial charge is 0.383 e. The molecule has 1 saturated heterocycles. The molecule has 1 aliphatic heterocycles. The number of ether oxygens (including phenoxy) is 1. The molecule has 0 radical (unpaired) electrons. The summed E-state index contributed by atoms with van der Waals surface area (Å²) in [5, 5.41) is 2.84. The summed E-state index contributed by atoms with van der Waals surface area (Å²) >= 11 is 1.62. The van der Waals surface area contributed by atoms with Crippen LogP contribution >= 0.6 is 11.3 Å². The first-order valence-electron chi connectivity index (χ1n) is 10.1. The standard InChI is InChI=1S/C22H27N3O3S/c1-28-13-8-23-20(26)15-24-9-11-25(12-10-24)22(27)19-14-17-7-6-16-4-2-3-5-18(16)21(17)29-19/h2-5,14H,6-13,15H2,1H3,(H,23,26). The lowest BCUT2D eigenvalue weighted by atomic mass is 9.91. The quantitative estimate of drug-likeness (QED) is 0.737. The molecule has 154 valence electrons. The van der Waals surface area contributed by atoms with Gasteiger partial charge in [-0.3, -0.25) is 14.5 Å². The lowest BCUT2D eigenvalue weighted by Gasteiger charge is -2.34. The fraction of sp³-hybridized carbons (Fsp3) is 0.455. The molecule has 0 saturated carbocycles. The summed E-state index contributed by atoms with van der Waals surface area (Å²) in [6.45, 7) is 4.17. The van der Waals surface area contributed by atoms with Gasteiger partial charge in [0.2, 0.25) is 5.91 Å². The van der Waals surface area contributed by atoms with Crippen LogP contribution in [0.2, 0.25) is 0 Å². The van der Waals surface area contributed by atoms with Crippen LogP contribution in [-0.4, -0.2) is 74.6 Å². The van der Waals surface area contributed by atoms with Crippen LogP contribution in [-0.2, 0) is 22.4 Å². The van der Waals surface area contributed by atoms with Gasteiger partial charge in [0.1, 0.15) is 0 Å². The number of methoxy groups -OCH3 is 1. The van der Waals surface area contributed by atoms with E-state index >= 15 is 0 Å². The van der Waals surface area contributed by atoms with Crippen molar-refractivity contribution in [1.82, 2.24) is 15.1 Å². The van der Waals surface area contributed by atoms with Gasteiger partial charge in [-0.25, -0.2) is 0 Å². The third kappa shape index (κ3) is 4.52. The summed E-state index contributed by atoms with van der Waals surface area (Å²) in [6.07, 6.45) is 2.04. The zero-order valence-electron chi connectivity index (χ0n) is 16.8. The predicted molar refractivity (Wildman–Crippen MR) is 114 cm³/mol. The van der Waals surface area contributed by atoms with E-state index in [1.54, 1.807) is 18.4 Å². The van der Waals surface area contributed by atoms with E-state index in [1.807, 2.05) is 4.90 Å². The fourth-order valence-electron chi connectivity index (χ4n) is 3.99. The molecule has 1 aromatic carbocycles. The van der Waals surface area contributed by atoms with E-state index in [1.165, 1.54) is 21.6 Å². The van der Waals surface area contributed by atoms with Gasteiger partial charge < -0.3 is 15.0 Å². The van der Waals surface area contributed by atoms with E-state index < -0.39 is 0 Å². The highest BCUT2D eigenvalue weighted by Gasteiger charge is 2.27. The summed E-state index contributed by atoms with van der Waals surface area (Å²) < 4.78 is 4.94. The van der Waals surface area contributed by atoms with Crippen molar-refractivity contribution in [3.05, 3.63) is 46.3 Å². The molecular formula is C22H27N3O3S. The van der Waals surface area contributed by atoms with Crippen molar-refractivity contribution in [2.45, 2.75) is 12.8 Å². The summed E-state index contributed by atoms with van der Waals surface area (Å²) in [5.41, 5.74) is 3.95. The lowest BCUT2D eigenvalue weighted by molar-refractivity contribution is -0.122. The number of thiophene rings is 1. The molecule has 6 nitrogen and oxygen atoms in total. The number of nitrogens with one attached hydrogen (secondary N) is 1. The van der Waals surface area contributed by atoms with Crippen molar-refractivity contribution in [1.29, 1.82) is 0 Å². The van der Waals surface area contributed by atoms with Crippen molar-refractivity contribution in [2.24, 2.45) is 0 Å². The maximum atomic E-state index is 13.1. The number of aryl methyl sites for hydroxylation is 2. The van der Waals surface area contributed by atoms with Crippen LogP contribution in [0.25, 0.3) is 10.4 Å². The van der Waals surface area contributed by atoms with E-state index in [9.17, 15) is 9.59 Å². The molecule has 1 aromatic heterocycles. The summed E-state index contributed by atoms with van der Waals surface area (Å²) in [5.74, 6) is 0.123. The van der Waals surface area contributed by atoms with Crippen LogP contribution in [0, 0.1) is 0 Å². The van der Waals surface area contributed by atoms with Crippen LogP contribution in [0.15, 0.2) is 30.3 Å². The SMILES string of the molecule is COCCNC(=O)CN1CCN(C(=O)c2cc3c(s2)-c2ccccc2CC3)CC1. The molecule has 0 unspecified atom stereocenters. The molecule has 7 heteroatoms. The first kappa shape index (κ1) is 20.1. The van der Waals surface area contributed by atoms with Crippen LogP contribution < -0.4 is 5.32 Å². The van der Waals surface area contributed by atoms with E-state index in [4.69, 9.17) is 4.74 Å². The van der Waals surface area contributed by atoms with Gasteiger partial charge >= 0.3 is 0 Å². The van der Waals surface area contributed by atoms with E-state index in [0.29, 0.717) is 32.8 Å². The van der Waals surface area contributed by atoms with Gasteiger partial charge in [-0.1, -0.05) is 24.3 Å². The zero-order chi connectivity index (χ0) is 20.2. The third-order valence-electron chi connectivity index (χ3n) is 5.60. The molecular weight excluding hydrogens is 386 g/mol. The Hall–Kier alpha value is -2.22. The minimum atomic E-state index is 0.00595. The molecule has 0 spiro atoms. The van der Waals surface area contributed by atoms with Crippen LogP contribution in [0.4, 0.5) is 0 Å². The molecule has 1 N–H and O–H groups in total. The van der Waals surface area contributed by atoms with Gasteiger partial charge in [0.05, 0.1) is 18.0 Å². The molecule has 29 heavy (non-hydrogen) atoms. The average molecular weight is 414 g/mol. The maximum Gasteiger partial charge on any atom is 0.264 e. The fourth-order valence-corrected chi connectivity index (χ4v) is 5.23. The first-order valence-corrected chi connectivity index (χ1v) is 11.0. The van der Waals surface area contributed by atoms with Crippen molar-refractivity contribution in [2.75, 3.05) is 53.0 Å². The molecule has 2 aliphatic rings. The second-order valence-corrected chi connectivity index (χ2v) is 8.59. The Morgan fingerprint density at radius 3 is 2.66 bits per heavy atom. The second kappa shape index (κ2) is 9.07. The third-order valence-corrected chi connectivity index (χ3v) is 6.80. The van der Waals surface area contributed by atoms with Gasteiger partial charge in [0.25, 0.3) is 5.91 Å². The minimum absolute atomic E-state index is 0.00595. The van der Waals surface area contributed by atoms with Crippen molar-refractivity contribution in [3.8, 4) is 10.4 Å². The number of nitrogens with zero attached hydrogens (tertiary/aromatic N) is 2.